The molecule has 0 bridgehead atoms. The maximum atomic E-state index is 12.2. The number of sulfone groups is 1. The Labute approximate surface area is 128 Å². The normalized spacial score (nSPS) is 12.2. The van der Waals surface area contributed by atoms with Crippen LogP contribution in [0.15, 0.2) is 64.9 Å². The molecule has 21 heavy (non-hydrogen) atoms. The van der Waals surface area contributed by atoms with Crippen molar-refractivity contribution in [3.63, 3.8) is 0 Å². The van der Waals surface area contributed by atoms with E-state index in [4.69, 9.17) is 11.6 Å². The van der Waals surface area contributed by atoms with Gasteiger partial charge in [0.2, 0.25) is 9.84 Å². The Balaban J connectivity index is 2.35. The minimum absolute atomic E-state index is 0.0569. The second-order valence-electron chi connectivity index (χ2n) is 4.46. The molecule has 0 fully saturated rings. The molecule has 3 nitrogen and oxygen atoms in total. The minimum Gasteiger partial charge on any atom is -0.295 e. The van der Waals surface area contributed by atoms with E-state index in [0.29, 0.717) is 11.1 Å². The molecular weight excluding hydrogens is 308 g/mol. The zero-order valence-corrected chi connectivity index (χ0v) is 12.9. The third kappa shape index (κ3) is 3.80. The van der Waals surface area contributed by atoms with Crippen LogP contribution < -0.4 is 0 Å². The van der Waals surface area contributed by atoms with Crippen LogP contribution in [0.25, 0.3) is 5.03 Å². The molecule has 0 aliphatic rings. The quantitative estimate of drug-likeness (QED) is 0.803. The Morgan fingerprint density at radius 3 is 2.00 bits per heavy atom. The Bertz CT molecular complexity index is 776. The van der Waals surface area contributed by atoms with Crippen LogP contribution in [-0.4, -0.2) is 14.2 Å². The fourth-order valence-electron chi connectivity index (χ4n) is 1.75. The Morgan fingerprint density at radius 1 is 0.952 bits per heavy atom. The van der Waals surface area contributed by atoms with Crippen molar-refractivity contribution in [3.8, 4) is 0 Å². The van der Waals surface area contributed by atoms with Crippen LogP contribution in [0.2, 0.25) is 0 Å². The van der Waals surface area contributed by atoms with Crippen LogP contribution in [0, 0.1) is 0 Å². The molecular formula is C16H13ClO3S. The zero-order valence-electron chi connectivity index (χ0n) is 11.3. The van der Waals surface area contributed by atoms with Crippen LogP contribution in [-0.2, 0) is 9.84 Å². The van der Waals surface area contributed by atoms with Gasteiger partial charge < -0.3 is 0 Å². The van der Waals surface area contributed by atoms with Gasteiger partial charge in [0, 0.05) is 5.56 Å². The van der Waals surface area contributed by atoms with Crippen LogP contribution in [0.4, 0.5) is 0 Å². The lowest BCUT2D eigenvalue weighted by Crippen LogP contribution is -1.97. The molecule has 0 unspecified atom stereocenters. The lowest BCUT2D eigenvalue weighted by Gasteiger charge is -2.03. The Hall–Kier alpha value is -1.91. The molecule has 0 N–H and O–H groups in total. The second-order valence-corrected chi connectivity index (χ2v) is 6.66. The molecule has 5 heteroatoms. The summed E-state index contributed by atoms with van der Waals surface area (Å²) in [6.07, 6.45) is 0. The van der Waals surface area contributed by atoms with Crippen LogP contribution >= 0.6 is 11.6 Å². The second kappa shape index (κ2) is 6.24. The number of halogens is 1. The first kappa shape index (κ1) is 15.5. The average molecular weight is 321 g/mol. The summed E-state index contributed by atoms with van der Waals surface area (Å²) in [5.74, 6) is -0.0569. The average Bonchev–Trinajstić information content (AvgIpc) is 2.48. The maximum Gasteiger partial charge on any atom is 0.201 e. The monoisotopic (exact) mass is 320 g/mol. The standard InChI is InChI=1S/C16H13ClO3S/c1-12(18)13-7-9-14(10-8-13)16(17)11-21(19,20)15-5-3-2-4-6-15/h2-11H,1H3/b16-11+. The van der Waals surface area contributed by atoms with E-state index < -0.39 is 9.84 Å². The van der Waals surface area contributed by atoms with E-state index >= 15 is 0 Å². The van der Waals surface area contributed by atoms with Gasteiger partial charge in [-0.3, -0.25) is 4.79 Å². The van der Waals surface area contributed by atoms with Crippen molar-refractivity contribution in [2.75, 3.05) is 0 Å². The van der Waals surface area contributed by atoms with Crippen LogP contribution in [0.3, 0.4) is 0 Å². The smallest absolute Gasteiger partial charge is 0.201 e. The molecule has 2 aromatic rings. The molecule has 0 heterocycles. The van der Waals surface area contributed by atoms with Gasteiger partial charge in [0.25, 0.3) is 0 Å². The number of carbonyl (C=O) groups excluding carboxylic acids is 1. The fraction of sp³-hybridized carbons (Fsp3) is 0.0625. The largest absolute Gasteiger partial charge is 0.295 e. The van der Waals surface area contributed by atoms with Crippen molar-refractivity contribution in [1.29, 1.82) is 0 Å². The van der Waals surface area contributed by atoms with Gasteiger partial charge in [-0.2, -0.15) is 0 Å². The topological polar surface area (TPSA) is 51.2 Å². The summed E-state index contributed by atoms with van der Waals surface area (Å²) < 4.78 is 24.4. The summed E-state index contributed by atoms with van der Waals surface area (Å²) in [4.78, 5) is 11.4. The lowest BCUT2D eigenvalue weighted by molar-refractivity contribution is 0.101. The van der Waals surface area contributed by atoms with E-state index in [-0.39, 0.29) is 15.7 Å². The van der Waals surface area contributed by atoms with Crippen molar-refractivity contribution >= 4 is 32.3 Å². The number of rotatable bonds is 4. The third-order valence-corrected chi connectivity index (χ3v) is 4.83. The first-order valence-corrected chi connectivity index (χ1v) is 8.11. The zero-order chi connectivity index (χ0) is 15.5. The molecule has 0 saturated heterocycles. The van der Waals surface area contributed by atoms with Gasteiger partial charge in [0.1, 0.15) is 0 Å². The molecule has 0 radical (unpaired) electrons. The first-order valence-electron chi connectivity index (χ1n) is 6.19. The molecule has 2 aromatic carbocycles. The highest BCUT2D eigenvalue weighted by Crippen LogP contribution is 2.23. The molecule has 0 spiro atoms. The van der Waals surface area contributed by atoms with Crippen LogP contribution in [0.5, 0.6) is 0 Å². The minimum atomic E-state index is -3.60. The van der Waals surface area contributed by atoms with E-state index in [1.54, 1.807) is 42.5 Å². The van der Waals surface area contributed by atoms with Gasteiger partial charge >= 0.3 is 0 Å². The van der Waals surface area contributed by atoms with Crippen molar-refractivity contribution < 1.29 is 13.2 Å². The van der Waals surface area contributed by atoms with E-state index in [9.17, 15) is 13.2 Å². The number of benzene rings is 2. The molecule has 0 aliphatic heterocycles. The van der Waals surface area contributed by atoms with Crippen LogP contribution in [0.1, 0.15) is 22.8 Å². The highest BCUT2D eigenvalue weighted by Gasteiger charge is 2.12. The van der Waals surface area contributed by atoms with Crippen molar-refractivity contribution in [1.82, 2.24) is 0 Å². The van der Waals surface area contributed by atoms with E-state index in [1.165, 1.54) is 19.1 Å². The Morgan fingerprint density at radius 2 is 1.48 bits per heavy atom. The first-order chi connectivity index (χ1) is 9.90. The summed E-state index contributed by atoms with van der Waals surface area (Å²) in [7, 11) is -3.60. The number of carbonyl (C=O) groups is 1. The van der Waals surface area contributed by atoms with Gasteiger partial charge in [-0.1, -0.05) is 54.1 Å². The molecule has 0 amide bonds. The number of hydrogen-bond acceptors (Lipinski definition) is 3. The molecule has 0 aromatic heterocycles. The lowest BCUT2D eigenvalue weighted by atomic mass is 10.1. The molecule has 108 valence electrons. The van der Waals surface area contributed by atoms with Crippen molar-refractivity contribution in [2.24, 2.45) is 0 Å². The third-order valence-electron chi connectivity index (χ3n) is 2.90. The fourth-order valence-corrected chi connectivity index (χ4v) is 3.31. The summed E-state index contributed by atoms with van der Waals surface area (Å²) in [6.45, 7) is 1.46. The molecule has 0 aliphatic carbocycles. The van der Waals surface area contributed by atoms with Gasteiger partial charge in [-0.15, -0.1) is 0 Å². The predicted octanol–water partition coefficient (Wildman–Crippen LogP) is 3.90. The van der Waals surface area contributed by atoms with Crippen molar-refractivity contribution in [3.05, 3.63) is 71.1 Å². The van der Waals surface area contributed by atoms with Gasteiger partial charge in [0.15, 0.2) is 5.78 Å². The molecule has 0 saturated carbocycles. The van der Waals surface area contributed by atoms with Gasteiger partial charge in [-0.25, -0.2) is 8.42 Å². The summed E-state index contributed by atoms with van der Waals surface area (Å²) >= 11 is 6.07. The predicted molar refractivity (Wildman–Crippen MR) is 83.9 cm³/mol. The Kier molecular flexibility index (Phi) is 4.60. The summed E-state index contributed by atoms with van der Waals surface area (Å²) in [5.41, 5.74) is 1.09. The van der Waals surface area contributed by atoms with Gasteiger partial charge in [0.05, 0.1) is 15.3 Å². The van der Waals surface area contributed by atoms with E-state index in [2.05, 4.69) is 0 Å². The van der Waals surface area contributed by atoms with E-state index in [0.717, 1.165) is 5.41 Å². The van der Waals surface area contributed by atoms with E-state index in [1.807, 2.05) is 0 Å². The van der Waals surface area contributed by atoms with Gasteiger partial charge in [-0.05, 0) is 24.6 Å². The number of Topliss-reactive ketones (excluding diaryl/α,β-unsaturated/α-hetero) is 1. The number of ketones is 1. The highest BCUT2D eigenvalue weighted by molar-refractivity contribution is 7.94. The SMILES string of the molecule is CC(=O)c1ccc(/C(Cl)=C\S(=O)(=O)c2ccccc2)cc1. The highest BCUT2D eigenvalue weighted by atomic mass is 35.5. The molecule has 2 rings (SSSR count). The summed E-state index contributed by atoms with van der Waals surface area (Å²) in [6, 6.07) is 14.5. The maximum absolute atomic E-state index is 12.2. The summed E-state index contributed by atoms with van der Waals surface area (Å²) in [5, 5.41) is 1.13. The number of hydrogen-bond donors (Lipinski definition) is 0. The molecule has 0 atom stereocenters. The van der Waals surface area contributed by atoms with Crippen molar-refractivity contribution in [2.45, 2.75) is 11.8 Å².